The van der Waals surface area contributed by atoms with Gasteiger partial charge in [0.2, 0.25) is 0 Å². The zero-order valence-corrected chi connectivity index (χ0v) is 12.4. The van der Waals surface area contributed by atoms with Crippen molar-refractivity contribution in [2.45, 2.75) is 58.7 Å². The molecular weight excluding hydrogens is 238 g/mol. The summed E-state index contributed by atoms with van der Waals surface area (Å²) in [5.74, 6) is 1.80. The summed E-state index contributed by atoms with van der Waals surface area (Å²) in [5.41, 5.74) is 1.22. The second kappa shape index (κ2) is 6.29. The lowest BCUT2D eigenvalue weighted by Crippen LogP contribution is -2.35. The van der Waals surface area contributed by atoms with Crippen LogP contribution in [0.1, 0.15) is 52.1 Å². The van der Waals surface area contributed by atoms with Crippen LogP contribution in [0, 0.1) is 0 Å². The smallest absolute Gasteiger partial charge is 0.166 e. The second-order valence-corrected chi connectivity index (χ2v) is 5.56. The van der Waals surface area contributed by atoms with Gasteiger partial charge in [0, 0.05) is 24.1 Å². The van der Waals surface area contributed by atoms with Crippen LogP contribution in [-0.2, 0) is 0 Å². The molecule has 2 unspecified atom stereocenters. The van der Waals surface area contributed by atoms with Crippen LogP contribution in [0.2, 0.25) is 0 Å². The second-order valence-electron chi connectivity index (χ2n) is 5.56. The molecule has 0 spiro atoms. The quantitative estimate of drug-likeness (QED) is 0.879. The molecule has 0 bridgehead atoms. The Bertz CT molecular complexity index is 417. The average molecular weight is 263 g/mol. The Morgan fingerprint density at radius 2 is 2.21 bits per heavy atom. The Morgan fingerprint density at radius 3 is 2.89 bits per heavy atom. The molecule has 1 heterocycles. The van der Waals surface area contributed by atoms with Crippen molar-refractivity contribution in [3.63, 3.8) is 0 Å². The summed E-state index contributed by atoms with van der Waals surface area (Å²) >= 11 is 0. The fourth-order valence-electron chi connectivity index (χ4n) is 2.53. The largest absolute Gasteiger partial charge is 0.490 e. The molecule has 0 aromatic heterocycles. The predicted molar refractivity (Wildman–Crippen MR) is 77.9 cm³/mol. The van der Waals surface area contributed by atoms with E-state index >= 15 is 0 Å². The third kappa shape index (κ3) is 3.41. The molecule has 0 amide bonds. The Morgan fingerprint density at radius 1 is 1.42 bits per heavy atom. The molecule has 3 heteroatoms. The first-order valence-corrected chi connectivity index (χ1v) is 7.30. The van der Waals surface area contributed by atoms with Crippen molar-refractivity contribution in [2.75, 3.05) is 6.61 Å². The molecule has 0 aliphatic carbocycles. The Kier molecular flexibility index (Phi) is 4.70. The Hall–Kier alpha value is -1.22. The minimum Gasteiger partial charge on any atom is -0.490 e. The van der Waals surface area contributed by atoms with Crippen molar-refractivity contribution >= 4 is 0 Å². The summed E-state index contributed by atoms with van der Waals surface area (Å²) < 4.78 is 11.8. The van der Waals surface area contributed by atoms with Gasteiger partial charge in [0.15, 0.2) is 11.5 Å². The van der Waals surface area contributed by atoms with E-state index in [1.54, 1.807) is 0 Å². The summed E-state index contributed by atoms with van der Waals surface area (Å²) in [4.78, 5) is 0. The van der Waals surface area contributed by atoms with Crippen LogP contribution in [0.3, 0.4) is 0 Å². The number of fused-ring (bicyclic) bond motifs is 1. The van der Waals surface area contributed by atoms with Gasteiger partial charge in [0.25, 0.3) is 0 Å². The highest BCUT2D eigenvalue weighted by Crippen LogP contribution is 2.41. The van der Waals surface area contributed by atoms with E-state index in [-0.39, 0.29) is 6.10 Å². The fraction of sp³-hybridized carbons (Fsp3) is 0.625. The molecule has 0 saturated heterocycles. The Labute approximate surface area is 116 Å². The lowest BCUT2D eigenvalue weighted by atomic mass is 9.96. The van der Waals surface area contributed by atoms with Gasteiger partial charge in [-0.1, -0.05) is 32.9 Å². The fourth-order valence-corrected chi connectivity index (χ4v) is 2.53. The third-order valence-corrected chi connectivity index (χ3v) is 3.27. The number of rotatable bonds is 5. The average Bonchev–Trinajstić information content (AvgIpc) is 2.35. The zero-order chi connectivity index (χ0) is 13.8. The maximum atomic E-state index is 6.01. The van der Waals surface area contributed by atoms with Crippen molar-refractivity contribution in [2.24, 2.45) is 0 Å². The van der Waals surface area contributed by atoms with E-state index in [1.807, 2.05) is 6.07 Å². The van der Waals surface area contributed by atoms with Gasteiger partial charge in [0.05, 0.1) is 12.7 Å². The first-order valence-electron chi connectivity index (χ1n) is 7.30. The predicted octanol–water partition coefficient (Wildman–Crippen LogP) is 3.69. The van der Waals surface area contributed by atoms with Crippen molar-refractivity contribution < 1.29 is 9.47 Å². The highest BCUT2D eigenvalue weighted by atomic mass is 16.5. The minimum atomic E-state index is 0.218. The van der Waals surface area contributed by atoms with E-state index in [2.05, 4.69) is 45.1 Å². The first kappa shape index (κ1) is 14.2. The van der Waals surface area contributed by atoms with Crippen LogP contribution >= 0.6 is 0 Å². The standard InChI is InChI=1S/C16H25NO2/c1-5-9-18-15-8-6-7-13-14(17-11(2)3)10-12(4)19-16(13)15/h6-8,11-12,14,17H,5,9-10H2,1-4H3. The number of benzene rings is 1. The van der Waals surface area contributed by atoms with Gasteiger partial charge in [-0.25, -0.2) is 0 Å². The maximum Gasteiger partial charge on any atom is 0.166 e. The van der Waals surface area contributed by atoms with E-state index < -0.39 is 0 Å². The van der Waals surface area contributed by atoms with Gasteiger partial charge in [-0.3, -0.25) is 0 Å². The molecule has 2 atom stereocenters. The molecule has 0 fully saturated rings. The van der Waals surface area contributed by atoms with Gasteiger partial charge in [0.1, 0.15) is 0 Å². The monoisotopic (exact) mass is 263 g/mol. The van der Waals surface area contributed by atoms with Gasteiger partial charge in [-0.05, 0) is 19.4 Å². The molecular formula is C16H25NO2. The molecule has 1 N–H and O–H groups in total. The summed E-state index contributed by atoms with van der Waals surface area (Å²) in [5, 5.41) is 3.62. The summed E-state index contributed by atoms with van der Waals surface area (Å²) in [6.07, 6.45) is 2.23. The van der Waals surface area contributed by atoms with E-state index in [9.17, 15) is 0 Å². The summed E-state index contributed by atoms with van der Waals surface area (Å²) in [6, 6.07) is 7.00. The topological polar surface area (TPSA) is 30.5 Å². The number of ether oxygens (including phenoxy) is 2. The van der Waals surface area contributed by atoms with E-state index in [0.29, 0.717) is 12.1 Å². The van der Waals surface area contributed by atoms with Crippen molar-refractivity contribution in [3.8, 4) is 11.5 Å². The number of nitrogens with one attached hydrogen (secondary N) is 1. The van der Waals surface area contributed by atoms with E-state index in [1.165, 1.54) is 5.56 Å². The van der Waals surface area contributed by atoms with Crippen LogP contribution in [0.5, 0.6) is 11.5 Å². The van der Waals surface area contributed by atoms with Gasteiger partial charge >= 0.3 is 0 Å². The Balaban J connectivity index is 2.28. The van der Waals surface area contributed by atoms with Crippen LogP contribution in [0.4, 0.5) is 0 Å². The highest BCUT2D eigenvalue weighted by molar-refractivity contribution is 5.49. The number of para-hydroxylation sites is 1. The van der Waals surface area contributed by atoms with Crippen LogP contribution in [-0.4, -0.2) is 18.8 Å². The van der Waals surface area contributed by atoms with Crippen LogP contribution < -0.4 is 14.8 Å². The van der Waals surface area contributed by atoms with E-state index in [0.717, 1.165) is 30.9 Å². The summed E-state index contributed by atoms with van der Waals surface area (Å²) in [6.45, 7) is 9.32. The number of hydrogen-bond acceptors (Lipinski definition) is 3. The maximum absolute atomic E-state index is 6.01. The normalized spacial score (nSPS) is 21.9. The first-order chi connectivity index (χ1) is 9.11. The lowest BCUT2D eigenvalue weighted by molar-refractivity contribution is 0.153. The minimum absolute atomic E-state index is 0.218. The van der Waals surface area contributed by atoms with Crippen molar-refractivity contribution in [3.05, 3.63) is 23.8 Å². The zero-order valence-electron chi connectivity index (χ0n) is 12.4. The van der Waals surface area contributed by atoms with Gasteiger partial charge < -0.3 is 14.8 Å². The molecule has 0 radical (unpaired) electrons. The van der Waals surface area contributed by atoms with E-state index in [4.69, 9.17) is 9.47 Å². The van der Waals surface area contributed by atoms with Gasteiger partial charge in [-0.15, -0.1) is 0 Å². The molecule has 0 saturated carbocycles. The SMILES string of the molecule is CCCOc1cccc2c1OC(C)CC2NC(C)C. The van der Waals surface area contributed by atoms with Crippen LogP contribution in [0.25, 0.3) is 0 Å². The molecule has 1 aromatic rings. The molecule has 3 nitrogen and oxygen atoms in total. The highest BCUT2D eigenvalue weighted by Gasteiger charge is 2.28. The lowest BCUT2D eigenvalue weighted by Gasteiger charge is -2.33. The van der Waals surface area contributed by atoms with Crippen molar-refractivity contribution in [1.82, 2.24) is 5.32 Å². The molecule has 1 aromatic carbocycles. The van der Waals surface area contributed by atoms with Crippen LogP contribution in [0.15, 0.2) is 18.2 Å². The molecule has 2 rings (SSSR count). The molecule has 1 aliphatic rings. The van der Waals surface area contributed by atoms with Crippen molar-refractivity contribution in [1.29, 1.82) is 0 Å². The number of hydrogen-bond donors (Lipinski definition) is 1. The third-order valence-electron chi connectivity index (χ3n) is 3.27. The molecule has 19 heavy (non-hydrogen) atoms. The summed E-state index contributed by atoms with van der Waals surface area (Å²) in [7, 11) is 0. The molecule has 106 valence electrons. The van der Waals surface area contributed by atoms with Gasteiger partial charge in [-0.2, -0.15) is 0 Å². The molecule has 1 aliphatic heterocycles.